The molecule has 1 atom stereocenters. The van der Waals surface area contributed by atoms with Crippen LogP contribution in [0.15, 0.2) is 58.0 Å². The lowest BCUT2D eigenvalue weighted by Gasteiger charge is -2.11. The van der Waals surface area contributed by atoms with Gasteiger partial charge in [0.05, 0.1) is 18.1 Å². The highest BCUT2D eigenvalue weighted by atomic mass is 32.2. The molecule has 1 amide bonds. The van der Waals surface area contributed by atoms with Crippen molar-refractivity contribution in [1.82, 2.24) is 5.32 Å². The maximum absolute atomic E-state index is 11.9. The third-order valence-corrected chi connectivity index (χ3v) is 3.55. The molecule has 0 aliphatic rings. The van der Waals surface area contributed by atoms with Gasteiger partial charge in [-0.1, -0.05) is 18.2 Å². The Morgan fingerprint density at radius 1 is 1.28 bits per heavy atom. The number of nitrogens with one attached hydrogen (secondary N) is 1. The largest absolute Gasteiger partial charge is 0.467 e. The third-order valence-electron chi connectivity index (χ3n) is 2.44. The van der Waals surface area contributed by atoms with Crippen LogP contribution in [0.25, 0.3) is 0 Å². The summed E-state index contributed by atoms with van der Waals surface area (Å²) in [7, 11) is 0. The van der Waals surface area contributed by atoms with Crippen molar-refractivity contribution in [2.75, 3.05) is 0 Å². The molecule has 1 heterocycles. The molecule has 4 heteroatoms. The number of amides is 1. The molecular formula is C14H15NO2S. The molecule has 0 unspecified atom stereocenters. The van der Waals surface area contributed by atoms with Crippen molar-refractivity contribution in [2.24, 2.45) is 0 Å². The van der Waals surface area contributed by atoms with E-state index in [0.717, 1.165) is 10.7 Å². The van der Waals surface area contributed by atoms with E-state index in [-0.39, 0.29) is 11.2 Å². The molecule has 0 fully saturated rings. The summed E-state index contributed by atoms with van der Waals surface area (Å²) in [5.41, 5.74) is 0. The van der Waals surface area contributed by atoms with Crippen LogP contribution >= 0.6 is 11.8 Å². The number of furan rings is 1. The highest BCUT2D eigenvalue weighted by Crippen LogP contribution is 2.22. The normalized spacial score (nSPS) is 12.1. The lowest BCUT2D eigenvalue weighted by Crippen LogP contribution is -2.30. The van der Waals surface area contributed by atoms with Crippen LogP contribution in [0, 0.1) is 0 Å². The second-order valence-electron chi connectivity index (χ2n) is 3.87. The summed E-state index contributed by atoms with van der Waals surface area (Å²) in [6.07, 6.45) is 1.60. The molecule has 1 aromatic carbocycles. The number of carbonyl (C=O) groups is 1. The highest BCUT2D eigenvalue weighted by Gasteiger charge is 2.14. The van der Waals surface area contributed by atoms with Crippen LogP contribution < -0.4 is 5.32 Å². The van der Waals surface area contributed by atoms with Gasteiger partial charge in [-0.3, -0.25) is 4.79 Å². The van der Waals surface area contributed by atoms with Gasteiger partial charge in [-0.15, -0.1) is 11.8 Å². The Morgan fingerprint density at radius 2 is 2.06 bits per heavy atom. The van der Waals surface area contributed by atoms with E-state index < -0.39 is 0 Å². The Balaban J connectivity index is 1.82. The number of thioether (sulfide) groups is 1. The third kappa shape index (κ3) is 3.67. The van der Waals surface area contributed by atoms with Gasteiger partial charge >= 0.3 is 0 Å². The van der Waals surface area contributed by atoms with Gasteiger partial charge in [0.2, 0.25) is 5.91 Å². The fourth-order valence-corrected chi connectivity index (χ4v) is 2.40. The lowest BCUT2D eigenvalue weighted by molar-refractivity contribution is -0.120. The fraction of sp³-hybridized carbons (Fsp3) is 0.214. The first-order valence-electron chi connectivity index (χ1n) is 5.77. The standard InChI is InChI=1S/C14H15NO2S/c1-11(18-13-7-3-2-4-8-13)14(16)15-10-12-6-5-9-17-12/h2-9,11H,10H2,1H3,(H,15,16)/t11-/m0/s1. The van der Waals surface area contributed by atoms with E-state index in [0.29, 0.717) is 6.54 Å². The van der Waals surface area contributed by atoms with Crippen molar-refractivity contribution in [3.8, 4) is 0 Å². The molecule has 0 saturated carbocycles. The Kier molecular flexibility index (Phi) is 4.47. The first kappa shape index (κ1) is 12.8. The van der Waals surface area contributed by atoms with Gasteiger partial charge < -0.3 is 9.73 Å². The van der Waals surface area contributed by atoms with E-state index in [1.54, 1.807) is 18.0 Å². The number of hydrogen-bond donors (Lipinski definition) is 1. The summed E-state index contributed by atoms with van der Waals surface area (Å²) in [5.74, 6) is 0.778. The fourth-order valence-electron chi connectivity index (χ4n) is 1.49. The smallest absolute Gasteiger partial charge is 0.233 e. The summed E-state index contributed by atoms with van der Waals surface area (Å²) in [5, 5.41) is 2.73. The zero-order valence-electron chi connectivity index (χ0n) is 10.1. The second kappa shape index (κ2) is 6.31. The monoisotopic (exact) mass is 261 g/mol. The van der Waals surface area contributed by atoms with Gasteiger partial charge in [0.1, 0.15) is 5.76 Å². The van der Waals surface area contributed by atoms with Crippen LogP contribution in [-0.4, -0.2) is 11.2 Å². The minimum atomic E-state index is -0.123. The molecule has 1 N–H and O–H groups in total. The van der Waals surface area contributed by atoms with E-state index in [1.165, 1.54) is 0 Å². The summed E-state index contributed by atoms with van der Waals surface area (Å²) in [4.78, 5) is 13.0. The quantitative estimate of drug-likeness (QED) is 0.841. The number of rotatable bonds is 5. The first-order chi connectivity index (χ1) is 8.75. The van der Waals surface area contributed by atoms with E-state index in [2.05, 4.69) is 5.32 Å². The van der Waals surface area contributed by atoms with E-state index >= 15 is 0 Å². The maximum atomic E-state index is 11.9. The van der Waals surface area contributed by atoms with Crippen molar-refractivity contribution in [3.63, 3.8) is 0 Å². The lowest BCUT2D eigenvalue weighted by atomic mass is 10.4. The van der Waals surface area contributed by atoms with Gasteiger partial charge in [-0.2, -0.15) is 0 Å². The van der Waals surface area contributed by atoms with Gasteiger partial charge in [0, 0.05) is 4.90 Å². The molecule has 2 aromatic rings. The van der Waals surface area contributed by atoms with Gasteiger partial charge in [-0.05, 0) is 31.2 Å². The van der Waals surface area contributed by atoms with Crippen LogP contribution in [-0.2, 0) is 11.3 Å². The maximum Gasteiger partial charge on any atom is 0.233 e. The summed E-state index contributed by atoms with van der Waals surface area (Å²) < 4.78 is 5.16. The predicted molar refractivity (Wildman–Crippen MR) is 72.3 cm³/mol. The SMILES string of the molecule is C[C@H](Sc1ccccc1)C(=O)NCc1ccco1. The van der Waals surface area contributed by atoms with Gasteiger partial charge in [0.25, 0.3) is 0 Å². The van der Waals surface area contributed by atoms with Crippen molar-refractivity contribution >= 4 is 17.7 Å². The summed E-state index contributed by atoms with van der Waals surface area (Å²) in [6.45, 7) is 2.33. The van der Waals surface area contributed by atoms with Crippen molar-refractivity contribution < 1.29 is 9.21 Å². The Labute approximate surface area is 111 Å². The predicted octanol–water partition coefficient (Wildman–Crippen LogP) is 3.08. The zero-order valence-corrected chi connectivity index (χ0v) is 10.9. The topological polar surface area (TPSA) is 42.2 Å². The minimum absolute atomic E-state index is 0.0141. The van der Waals surface area contributed by atoms with Gasteiger partial charge in [-0.25, -0.2) is 0 Å². The molecule has 0 radical (unpaired) electrons. The molecule has 2 rings (SSSR count). The minimum Gasteiger partial charge on any atom is -0.467 e. The number of hydrogen-bond acceptors (Lipinski definition) is 3. The molecule has 3 nitrogen and oxygen atoms in total. The van der Waals surface area contributed by atoms with Crippen molar-refractivity contribution in [1.29, 1.82) is 0 Å². The van der Waals surface area contributed by atoms with Crippen LogP contribution in [0.4, 0.5) is 0 Å². The van der Waals surface area contributed by atoms with Crippen molar-refractivity contribution in [3.05, 3.63) is 54.5 Å². The Bertz CT molecular complexity index is 482. The zero-order chi connectivity index (χ0) is 12.8. The summed E-state index contributed by atoms with van der Waals surface area (Å²) in [6, 6.07) is 13.6. The van der Waals surface area contributed by atoms with E-state index in [9.17, 15) is 4.79 Å². The molecule has 0 aliphatic carbocycles. The Morgan fingerprint density at radius 3 is 2.72 bits per heavy atom. The molecule has 1 aromatic heterocycles. The van der Waals surface area contributed by atoms with Crippen LogP contribution in [0.5, 0.6) is 0 Å². The summed E-state index contributed by atoms with van der Waals surface area (Å²) >= 11 is 1.55. The van der Waals surface area contributed by atoms with Crippen molar-refractivity contribution in [2.45, 2.75) is 23.6 Å². The molecule has 0 bridgehead atoms. The van der Waals surface area contributed by atoms with Crippen LogP contribution in [0.3, 0.4) is 0 Å². The second-order valence-corrected chi connectivity index (χ2v) is 5.28. The molecule has 0 spiro atoms. The molecular weight excluding hydrogens is 246 g/mol. The molecule has 0 aliphatic heterocycles. The molecule has 94 valence electrons. The van der Waals surface area contributed by atoms with Crippen LogP contribution in [0.2, 0.25) is 0 Å². The number of carbonyl (C=O) groups excluding carboxylic acids is 1. The van der Waals surface area contributed by atoms with Gasteiger partial charge in [0.15, 0.2) is 0 Å². The van der Waals surface area contributed by atoms with E-state index in [1.807, 2.05) is 49.4 Å². The Hall–Kier alpha value is -1.68. The number of benzene rings is 1. The van der Waals surface area contributed by atoms with E-state index in [4.69, 9.17) is 4.42 Å². The first-order valence-corrected chi connectivity index (χ1v) is 6.65. The van der Waals surface area contributed by atoms with Crippen LogP contribution in [0.1, 0.15) is 12.7 Å². The average Bonchev–Trinajstić information content (AvgIpc) is 2.90. The molecule has 0 saturated heterocycles. The molecule has 18 heavy (non-hydrogen) atoms. The average molecular weight is 261 g/mol. The highest BCUT2D eigenvalue weighted by molar-refractivity contribution is 8.00.